The molecule has 0 saturated heterocycles. The molecule has 31 heavy (non-hydrogen) atoms. The summed E-state index contributed by atoms with van der Waals surface area (Å²) in [5, 5.41) is 9.32. The first kappa shape index (κ1) is 26.5. The molecular weight excluding hydrogens is 507 g/mol. The van der Waals surface area contributed by atoms with Gasteiger partial charge in [-0.1, -0.05) is 18.2 Å². The van der Waals surface area contributed by atoms with E-state index < -0.39 is 0 Å². The standard InChI is InChI=1S/C23H32N4O3.HI/c1-6-29-20-12-11-18(14-21(20)30-7-2)16(3)27-23(25-5)26-15-17-9-8-10-19(13-17)22(28)24-4;/h8-14,16H,6-7,15H2,1-5H3,(H,24,28)(H2,25,26,27);1H. The molecule has 0 aromatic heterocycles. The minimum Gasteiger partial charge on any atom is -0.490 e. The number of hydrogen-bond acceptors (Lipinski definition) is 4. The van der Waals surface area contributed by atoms with Crippen LogP contribution >= 0.6 is 24.0 Å². The molecule has 0 spiro atoms. The van der Waals surface area contributed by atoms with Gasteiger partial charge in [-0.15, -0.1) is 24.0 Å². The van der Waals surface area contributed by atoms with Crippen LogP contribution in [0.2, 0.25) is 0 Å². The number of amides is 1. The van der Waals surface area contributed by atoms with Crippen LogP contribution in [-0.4, -0.2) is 39.2 Å². The van der Waals surface area contributed by atoms with Gasteiger partial charge >= 0.3 is 0 Å². The van der Waals surface area contributed by atoms with Gasteiger partial charge in [0.15, 0.2) is 17.5 Å². The Morgan fingerprint density at radius 3 is 2.42 bits per heavy atom. The molecule has 0 aliphatic rings. The van der Waals surface area contributed by atoms with Crippen LogP contribution in [0.15, 0.2) is 47.5 Å². The molecule has 0 radical (unpaired) electrons. The summed E-state index contributed by atoms with van der Waals surface area (Å²) in [5.74, 6) is 2.04. The zero-order valence-corrected chi connectivity index (χ0v) is 21.2. The average Bonchev–Trinajstić information content (AvgIpc) is 2.77. The number of benzene rings is 2. The van der Waals surface area contributed by atoms with E-state index in [-0.39, 0.29) is 35.9 Å². The van der Waals surface area contributed by atoms with Crippen molar-refractivity contribution in [3.8, 4) is 11.5 Å². The molecule has 2 aromatic rings. The normalized spacial score (nSPS) is 11.7. The second-order valence-corrected chi connectivity index (χ2v) is 6.64. The Morgan fingerprint density at radius 2 is 1.77 bits per heavy atom. The van der Waals surface area contributed by atoms with Gasteiger partial charge in [-0.2, -0.15) is 0 Å². The van der Waals surface area contributed by atoms with Crippen molar-refractivity contribution in [3.05, 3.63) is 59.2 Å². The fourth-order valence-corrected chi connectivity index (χ4v) is 2.97. The summed E-state index contributed by atoms with van der Waals surface area (Å²) < 4.78 is 11.4. The van der Waals surface area contributed by atoms with Crippen molar-refractivity contribution < 1.29 is 14.3 Å². The maximum absolute atomic E-state index is 11.8. The van der Waals surface area contributed by atoms with E-state index in [0.29, 0.717) is 31.3 Å². The van der Waals surface area contributed by atoms with Crippen molar-refractivity contribution in [1.82, 2.24) is 16.0 Å². The van der Waals surface area contributed by atoms with Crippen LogP contribution in [0.5, 0.6) is 11.5 Å². The molecule has 1 atom stereocenters. The summed E-state index contributed by atoms with van der Waals surface area (Å²) in [6.07, 6.45) is 0. The summed E-state index contributed by atoms with van der Waals surface area (Å²) in [4.78, 5) is 16.1. The van der Waals surface area contributed by atoms with E-state index in [1.807, 2.05) is 50.2 Å². The number of carbonyl (C=O) groups excluding carboxylic acids is 1. The predicted molar refractivity (Wildman–Crippen MR) is 136 cm³/mol. The molecule has 0 heterocycles. The molecule has 2 aromatic carbocycles. The van der Waals surface area contributed by atoms with Gasteiger partial charge in [0.25, 0.3) is 5.91 Å². The zero-order chi connectivity index (χ0) is 21.9. The molecule has 2 rings (SSSR count). The van der Waals surface area contributed by atoms with E-state index in [1.165, 1.54) is 0 Å². The summed E-state index contributed by atoms with van der Waals surface area (Å²) in [6, 6.07) is 13.4. The molecule has 0 fully saturated rings. The maximum atomic E-state index is 11.8. The molecule has 7 nitrogen and oxygen atoms in total. The molecule has 0 aliphatic heterocycles. The van der Waals surface area contributed by atoms with Gasteiger partial charge < -0.3 is 25.4 Å². The van der Waals surface area contributed by atoms with E-state index in [4.69, 9.17) is 9.47 Å². The largest absolute Gasteiger partial charge is 0.490 e. The Morgan fingerprint density at radius 1 is 1.06 bits per heavy atom. The Bertz CT molecular complexity index is 874. The van der Waals surface area contributed by atoms with Crippen LogP contribution in [0.4, 0.5) is 0 Å². The third kappa shape index (κ3) is 7.93. The number of nitrogens with zero attached hydrogens (tertiary/aromatic N) is 1. The highest BCUT2D eigenvalue weighted by atomic mass is 127. The van der Waals surface area contributed by atoms with Crippen LogP contribution in [-0.2, 0) is 6.54 Å². The molecule has 0 bridgehead atoms. The van der Waals surface area contributed by atoms with Gasteiger partial charge in [-0.3, -0.25) is 9.79 Å². The van der Waals surface area contributed by atoms with Crippen molar-refractivity contribution in [2.24, 2.45) is 4.99 Å². The lowest BCUT2D eigenvalue weighted by Gasteiger charge is -2.20. The first-order valence-electron chi connectivity index (χ1n) is 10.2. The second kappa shape index (κ2) is 13.7. The van der Waals surface area contributed by atoms with E-state index in [0.717, 1.165) is 22.6 Å². The Labute approximate surface area is 202 Å². The van der Waals surface area contributed by atoms with E-state index in [1.54, 1.807) is 20.2 Å². The second-order valence-electron chi connectivity index (χ2n) is 6.64. The monoisotopic (exact) mass is 540 g/mol. The van der Waals surface area contributed by atoms with Crippen molar-refractivity contribution >= 4 is 35.8 Å². The Balaban J connectivity index is 0.00000480. The van der Waals surface area contributed by atoms with Gasteiger partial charge in [0, 0.05) is 26.2 Å². The van der Waals surface area contributed by atoms with Crippen LogP contribution in [0, 0.1) is 0 Å². The van der Waals surface area contributed by atoms with Crippen LogP contribution in [0.3, 0.4) is 0 Å². The van der Waals surface area contributed by atoms with Crippen LogP contribution in [0.1, 0.15) is 48.3 Å². The molecular formula is C23H33IN4O3. The number of halogens is 1. The van der Waals surface area contributed by atoms with Crippen molar-refractivity contribution in [2.75, 3.05) is 27.3 Å². The minimum absolute atomic E-state index is 0. The molecule has 1 unspecified atom stereocenters. The third-order valence-electron chi connectivity index (χ3n) is 4.52. The number of rotatable bonds is 9. The fraction of sp³-hybridized carbons (Fsp3) is 0.391. The van der Waals surface area contributed by atoms with Gasteiger partial charge in [-0.05, 0) is 56.2 Å². The van der Waals surface area contributed by atoms with Crippen molar-refractivity contribution in [2.45, 2.75) is 33.4 Å². The number of hydrogen-bond donors (Lipinski definition) is 3. The molecule has 1 amide bonds. The highest BCUT2D eigenvalue weighted by Crippen LogP contribution is 2.30. The minimum atomic E-state index is -0.103. The SMILES string of the molecule is CCOc1ccc(C(C)NC(=NC)NCc2cccc(C(=O)NC)c2)cc1OCC.I. The number of nitrogens with one attached hydrogen (secondary N) is 3. The highest BCUT2D eigenvalue weighted by molar-refractivity contribution is 14.0. The van der Waals surface area contributed by atoms with E-state index in [9.17, 15) is 4.79 Å². The molecule has 0 aliphatic carbocycles. The summed E-state index contributed by atoms with van der Waals surface area (Å²) in [7, 11) is 3.35. The predicted octanol–water partition coefficient (Wildman–Crippen LogP) is 3.89. The highest BCUT2D eigenvalue weighted by Gasteiger charge is 2.13. The average molecular weight is 540 g/mol. The van der Waals surface area contributed by atoms with Gasteiger partial charge in [0.2, 0.25) is 0 Å². The lowest BCUT2D eigenvalue weighted by molar-refractivity contribution is 0.0963. The lowest BCUT2D eigenvalue weighted by atomic mass is 10.1. The molecule has 8 heteroatoms. The third-order valence-corrected chi connectivity index (χ3v) is 4.52. The van der Waals surface area contributed by atoms with Gasteiger partial charge in [-0.25, -0.2) is 0 Å². The van der Waals surface area contributed by atoms with E-state index >= 15 is 0 Å². The topological polar surface area (TPSA) is 84.0 Å². The van der Waals surface area contributed by atoms with E-state index in [2.05, 4.69) is 27.9 Å². The van der Waals surface area contributed by atoms with Gasteiger partial charge in [0.1, 0.15) is 0 Å². The van der Waals surface area contributed by atoms with Crippen LogP contribution in [0.25, 0.3) is 0 Å². The molecule has 170 valence electrons. The Kier molecular flexibility index (Phi) is 11.8. The summed E-state index contributed by atoms with van der Waals surface area (Å²) >= 11 is 0. The number of ether oxygens (including phenoxy) is 2. The van der Waals surface area contributed by atoms with Crippen molar-refractivity contribution in [3.63, 3.8) is 0 Å². The quantitative estimate of drug-likeness (QED) is 0.256. The van der Waals surface area contributed by atoms with Crippen molar-refractivity contribution in [1.29, 1.82) is 0 Å². The van der Waals surface area contributed by atoms with Gasteiger partial charge in [0.05, 0.1) is 19.3 Å². The number of aliphatic imine (C=N–C) groups is 1. The smallest absolute Gasteiger partial charge is 0.251 e. The van der Waals surface area contributed by atoms with Crippen LogP contribution < -0.4 is 25.4 Å². The molecule has 0 saturated carbocycles. The summed E-state index contributed by atoms with van der Waals surface area (Å²) in [6.45, 7) is 7.67. The number of carbonyl (C=O) groups is 1. The first-order chi connectivity index (χ1) is 14.5. The Hall–Kier alpha value is -2.49. The zero-order valence-electron chi connectivity index (χ0n) is 18.8. The fourth-order valence-electron chi connectivity index (χ4n) is 2.97. The maximum Gasteiger partial charge on any atom is 0.251 e. The molecule has 3 N–H and O–H groups in total. The lowest BCUT2D eigenvalue weighted by Crippen LogP contribution is -2.38. The summed E-state index contributed by atoms with van der Waals surface area (Å²) in [5.41, 5.74) is 2.68. The number of guanidine groups is 1. The first-order valence-corrected chi connectivity index (χ1v) is 10.2.